The summed E-state index contributed by atoms with van der Waals surface area (Å²) in [5.41, 5.74) is 7.54. The number of nitrogens with one attached hydrogen (secondary N) is 2. The summed E-state index contributed by atoms with van der Waals surface area (Å²) >= 11 is 0. The molecule has 1 amide bonds. The fraction of sp³-hybridized carbons (Fsp3) is 0.368. The number of aliphatic carboxylic acids is 1. The highest BCUT2D eigenvalue weighted by atomic mass is 35.5. The van der Waals surface area contributed by atoms with Gasteiger partial charge in [0, 0.05) is 13.1 Å². The van der Waals surface area contributed by atoms with Gasteiger partial charge in [0.2, 0.25) is 5.95 Å². The van der Waals surface area contributed by atoms with Crippen LogP contribution in [0.25, 0.3) is 0 Å². The van der Waals surface area contributed by atoms with Crippen LogP contribution in [0, 0.1) is 13.8 Å². The lowest BCUT2D eigenvalue weighted by molar-refractivity contribution is -0.138. The summed E-state index contributed by atoms with van der Waals surface area (Å²) in [7, 11) is 0. The van der Waals surface area contributed by atoms with E-state index in [-0.39, 0.29) is 30.3 Å². The molecule has 1 heterocycles. The maximum Gasteiger partial charge on any atom is 0.327 e. The molecule has 158 valence electrons. The highest BCUT2D eigenvalue weighted by molar-refractivity contribution is 5.98. The summed E-state index contributed by atoms with van der Waals surface area (Å²) in [6.07, 6.45) is 1.60. The number of benzene rings is 1. The standard InChI is InChI=1S/C19H25N5O4.ClH/c1-11-16(17(26)24-15(10-20)18(27)28)12(2)23-19(22-11)21-8-4-6-13-5-3-7-14(25)9-13;/h3,5,7,9,15,25H,4,6,8,10,20H2,1-2H3,(H,24,26)(H,27,28)(H,21,22,23);1H/t15-;/m0./s1. The zero-order valence-corrected chi connectivity index (χ0v) is 17.1. The van der Waals surface area contributed by atoms with Crippen LogP contribution in [0.3, 0.4) is 0 Å². The first kappa shape index (κ1) is 24.1. The van der Waals surface area contributed by atoms with Crippen LogP contribution in [0.5, 0.6) is 5.75 Å². The molecule has 1 aromatic carbocycles. The summed E-state index contributed by atoms with van der Waals surface area (Å²) in [5.74, 6) is -1.12. The van der Waals surface area contributed by atoms with Crippen molar-refractivity contribution in [1.82, 2.24) is 15.3 Å². The Labute approximate surface area is 175 Å². The predicted molar refractivity (Wildman–Crippen MR) is 112 cm³/mol. The maximum absolute atomic E-state index is 12.4. The van der Waals surface area contributed by atoms with Gasteiger partial charge >= 0.3 is 5.97 Å². The fourth-order valence-corrected chi connectivity index (χ4v) is 2.78. The molecule has 0 saturated carbocycles. The molecule has 0 aliphatic rings. The van der Waals surface area contributed by atoms with Gasteiger partial charge in [0.05, 0.1) is 17.0 Å². The van der Waals surface area contributed by atoms with E-state index < -0.39 is 17.9 Å². The van der Waals surface area contributed by atoms with E-state index >= 15 is 0 Å². The monoisotopic (exact) mass is 423 g/mol. The second kappa shape index (κ2) is 11.2. The van der Waals surface area contributed by atoms with E-state index in [0.29, 0.717) is 23.9 Å². The molecule has 29 heavy (non-hydrogen) atoms. The second-order valence-corrected chi connectivity index (χ2v) is 6.39. The van der Waals surface area contributed by atoms with Gasteiger partial charge in [0.1, 0.15) is 11.8 Å². The summed E-state index contributed by atoms with van der Waals surface area (Å²) in [5, 5.41) is 24.0. The van der Waals surface area contributed by atoms with Gasteiger partial charge in [-0.3, -0.25) is 4.79 Å². The van der Waals surface area contributed by atoms with E-state index in [1.54, 1.807) is 32.0 Å². The SMILES string of the molecule is Cc1nc(NCCCc2cccc(O)c2)nc(C)c1C(=O)N[C@@H](CN)C(=O)O.Cl. The topological polar surface area (TPSA) is 150 Å². The van der Waals surface area contributed by atoms with E-state index in [2.05, 4.69) is 20.6 Å². The molecular weight excluding hydrogens is 398 g/mol. The molecule has 1 atom stereocenters. The molecule has 0 aliphatic carbocycles. The van der Waals surface area contributed by atoms with Crippen molar-refractivity contribution in [3.8, 4) is 5.75 Å². The molecule has 9 nitrogen and oxygen atoms in total. The number of nitrogens with zero attached hydrogens (tertiary/aromatic N) is 2. The summed E-state index contributed by atoms with van der Waals surface area (Å²) < 4.78 is 0. The zero-order chi connectivity index (χ0) is 20.7. The Morgan fingerprint density at radius 1 is 1.21 bits per heavy atom. The first-order valence-electron chi connectivity index (χ1n) is 8.92. The number of nitrogens with two attached hydrogens (primary N) is 1. The van der Waals surface area contributed by atoms with E-state index in [0.717, 1.165) is 18.4 Å². The van der Waals surface area contributed by atoms with Gasteiger partial charge in [-0.1, -0.05) is 12.1 Å². The number of amides is 1. The van der Waals surface area contributed by atoms with Crippen LogP contribution >= 0.6 is 12.4 Å². The van der Waals surface area contributed by atoms with Crippen molar-refractivity contribution in [2.75, 3.05) is 18.4 Å². The Hall–Kier alpha value is -2.91. The Kier molecular flexibility index (Phi) is 9.30. The smallest absolute Gasteiger partial charge is 0.327 e. The van der Waals surface area contributed by atoms with Crippen molar-refractivity contribution in [3.05, 3.63) is 46.8 Å². The summed E-state index contributed by atoms with van der Waals surface area (Å²) in [6.45, 7) is 3.74. The van der Waals surface area contributed by atoms with Crippen molar-refractivity contribution in [2.45, 2.75) is 32.7 Å². The number of halogens is 1. The van der Waals surface area contributed by atoms with Crippen LogP contribution in [0.15, 0.2) is 24.3 Å². The highest BCUT2D eigenvalue weighted by Crippen LogP contribution is 2.14. The lowest BCUT2D eigenvalue weighted by atomic mass is 10.1. The van der Waals surface area contributed by atoms with Gasteiger partial charge in [-0.05, 0) is 44.4 Å². The second-order valence-electron chi connectivity index (χ2n) is 6.39. The van der Waals surface area contributed by atoms with Crippen LogP contribution in [0.1, 0.15) is 33.7 Å². The first-order chi connectivity index (χ1) is 13.3. The molecule has 1 aromatic heterocycles. The number of carbonyl (C=O) groups excluding carboxylic acids is 1. The van der Waals surface area contributed by atoms with Crippen LogP contribution in [0.4, 0.5) is 5.95 Å². The summed E-state index contributed by atoms with van der Waals surface area (Å²) in [4.78, 5) is 32.0. The first-order valence-corrected chi connectivity index (χ1v) is 8.92. The number of hydrogen-bond donors (Lipinski definition) is 5. The number of aromatic hydroxyl groups is 1. The molecular formula is C19H26ClN5O4. The lowest BCUT2D eigenvalue weighted by Crippen LogP contribution is -2.46. The number of aromatic nitrogens is 2. The van der Waals surface area contributed by atoms with Crippen molar-refractivity contribution < 1.29 is 19.8 Å². The number of anilines is 1. The van der Waals surface area contributed by atoms with Crippen molar-refractivity contribution in [2.24, 2.45) is 5.73 Å². The van der Waals surface area contributed by atoms with E-state index in [9.17, 15) is 14.7 Å². The third-order valence-corrected chi connectivity index (χ3v) is 4.17. The normalized spacial score (nSPS) is 11.3. The Balaban J connectivity index is 0.00000420. The molecule has 2 aromatic rings. The summed E-state index contributed by atoms with van der Waals surface area (Å²) in [6, 6.07) is 5.94. The highest BCUT2D eigenvalue weighted by Gasteiger charge is 2.22. The number of carboxylic acids is 1. The predicted octanol–water partition coefficient (Wildman–Crippen LogP) is 1.41. The van der Waals surface area contributed by atoms with Crippen LogP contribution in [-0.4, -0.2) is 51.2 Å². The van der Waals surface area contributed by atoms with Gasteiger partial charge in [0.15, 0.2) is 0 Å². The average Bonchev–Trinajstić information content (AvgIpc) is 2.62. The van der Waals surface area contributed by atoms with Crippen molar-refractivity contribution in [1.29, 1.82) is 0 Å². The van der Waals surface area contributed by atoms with Crippen LogP contribution in [0.2, 0.25) is 0 Å². The number of rotatable bonds is 9. The minimum absolute atomic E-state index is 0. The Morgan fingerprint density at radius 3 is 2.41 bits per heavy atom. The number of carboxylic acid groups (broad SMARTS) is 1. The molecule has 0 fully saturated rings. The van der Waals surface area contributed by atoms with Crippen molar-refractivity contribution >= 4 is 30.2 Å². The Morgan fingerprint density at radius 2 is 1.86 bits per heavy atom. The largest absolute Gasteiger partial charge is 0.508 e. The van der Waals surface area contributed by atoms with Gasteiger partial charge in [-0.2, -0.15) is 0 Å². The van der Waals surface area contributed by atoms with Crippen molar-refractivity contribution in [3.63, 3.8) is 0 Å². The van der Waals surface area contributed by atoms with Gasteiger partial charge < -0.3 is 26.6 Å². The minimum atomic E-state index is -1.20. The lowest BCUT2D eigenvalue weighted by Gasteiger charge is -2.15. The van der Waals surface area contributed by atoms with E-state index in [1.165, 1.54) is 0 Å². The molecule has 0 bridgehead atoms. The third-order valence-electron chi connectivity index (χ3n) is 4.17. The molecule has 0 spiro atoms. The number of phenolic OH excluding ortho intramolecular Hbond substituents is 1. The van der Waals surface area contributed by atoms with E-state index in [1.807, 2.05) is 6.07 Å². The van der Waals surface area contributed by atoms with Gasteiger partial charge in [-0.15, -0.1) is 12.4 Å². The molecule has 0 radical (unpaired) electrons. The maximum atomic E-state index is 12.4. The third kappa shape index (κ3) is 6.88. The average molecular weight is 424 g/mol. The van der Waals surface area contributed by atoms with E-state index in [4.69, 9.17) is 10.8 Å². The molecule has 0 saturated heterocycles. The van der Waals surface area contributed by atoms with Crippen LogP contribution < -0.4 is 16.4 Å². The number of phenols is 1. The minimum Gasteiger partial charge on any atom is -0.508 e. The molecule has 0 aliphatic heterocycles. The zero-order valence-electron chi connectivity index (χ0n) is 16.3. The number of aryl methyl sites for hydroxylation is 3. The fourth-order valence-electron chi connectivity index (χ4n) is 2.78. The molecule has 0 unspecified atom stereocenters. The van der Waals surface area contributed by atoms with Gasteiger partial charge in [0.25, 0.3) is 5.91 Å². The van der Waals surface area contributed by atoms with Gasteiger partial charge in [-0.25, -0.2) is 14.8 Å². The Bertz CT molecular complexity index is 839. The van der Waals surface area contributed by atoms with Crippen LogP contribution in [-0.2, 0) is 11.2 Å². The molecule has 6 N–H and O–H groups in total. The number of hydrogen-bond acceptors (Lipinski definition) is 7. The molecule has 10 heteroatoms. The number of carbonyl (C=O) groups is 2. The molecule has 2 rings (SSSR count). The quantitative estimate of drug-likeness (QED) is 0.380.